The van der Waals surface area contributed by atoms with Crippen LogP contribution >= 0.6 is 0 Å². The van der Waals surface area contributed by atoms with Crippen molar-refractivity contribution >= 4 is 34.8 Å². The van der Waals surface area contributed by atoms with Gasteiger partial charge in [-0.25, -0.2) is 4.39 Å². The number of rotatable bonds is 7. The summed E-state index contributed by atoms with van der Waals surface area (Å²) < 4.78 is 13.1. The number of nitrogens with one attached hydrogen (secondary N) is 3. The van der Waals surface area contributed by atoms with E-state index in [1.807, 2.05) is 0 Å². The highest BCUT2D eigenvalue weighted by Gasteiger charge is 2.17. The number of hydrogen-bond donors (Lipinski definition) is 3. The van der Waals surface area contributed by atoms with Crippen LogP contribution in [0.15, 0.2) is 48.5 Å². The van der Waals surface area contributed by atoms with Crippen LogP contribution in [0, 0.1) is 5.82 Å². The average molecular weight is 442 g/mol. The quantitative estimate of drug-likeness (QED) is 0.452. The molecule has 2 aromatic rings. The predicted octanol–water partition coefficient (Wildman–Crippen LogP) is 2.05. The second-order valence-electron chi connectivity index (χ2n) is 7.63. The highest BCUT2D eigenvalue weighted by atomic mass is 19.1. The summed E-state index contributed by atoms with van der Waals surface area (Å²) in [5, 5.41) is 7.78. The Kier molecular flexibility index (Phi) is 8.15. The summed E-state index contributed by atoms with van der Waals surface area (Å²) in [4.78, 5) is 39.8. The van der Waals surface area contributed by atoms with Gasteiger partial charge in [0, 0.05) is 56.7 Å². The first-order chi connectivity index (χ1) is 15.4. The zero-order valence-corrected chi connectivity index (χ0v) is 18.1. The molecule has 1 heterocycles. The predicted molar refractivity (Wildman–Crippen MR) is 122 cm³/mol. The molecular formula is C23H28FN5O3. The monoisotopic (exact) mass is 441 g/mol. The summed E-state index contributed by atoms with van der Waals surface area (Å²) in [7, 11) is 0. The summed E-state index contributed by atoms with van der Waals surface area (Å²) in [6.07, 6.45) is 0.730. The van der Waals surface area contributed by atoms with Crippen molar-refractivity contribution in [3.63, 3.8) is 0 Å². The fourth-order valence-corrected chi connectivity index (χ4v) is 3.53. The maximum absolute atomic E-state index is 13.1. The van der Waals surface area contributed by atoms with Crippen molar-refractivity contribution < 1.29 is 18.8 Å². The molecule has 0 saturated carbocycles. The SMILES string of the molecule is CC(=O)Nc1cccc(NC(=O)C(=O)NCCCN2CCN(c3ccc(F)cc3)CC2)c1. The molecule has 0 aliphatic carbocycles. The Morgan fingerprint density at radius 3 is 2.22 bits per heavy atom. The van der Waals surface area contributed by atoms with Gasteiger partial charge < -0.3 is 20.9 Å². The van der Waals surface area contributed by atoms with E-state index in [0.717, 1.165) is 44.8 Å². The van der Waals surface area contributed by atoms with Crippen molar-refractivity contribution in [2.45, 2.75) is 13.3 Å². The summed E-state index contributed by atoms with van der Waals surface area (Å²) in [5.41, 5.74) is 1.98. The minimum absolute atomic E-state index is 0.219. The molecule has 1 aliphatic rings. The van der Waals surface area contributed by atoms with Crippen molar-refractivity contribution in [3.8, 4) is 0 Å². The third-order valence-corrected chi connectivity index (χ3v) is 5.15. The van der Waals surface area contributed by atoms with Gasteiger partial charge in [0.1, 0.15) is 5.82 Å². The molecule has 9 heteroatoms. The lowest BCUT2D eigenvalue weighted by atomic mass is 10.2. The maximum atomic E-state index is 13.1. The molecule has 0 radical (unpaired) electrons. The molecule has 8 nitrogen and oxygen atoms in total. The molecule has 32 heavy (non-hydrogen) atoms. The second-order valence-corrected chi connectivity index (χ2v) is 7.63. The molecule has 0 aromatic heterocycles. The lowest BCUT2D eigenvalue weighted by Gasteiger charge is -2.36. The number of carbonyl (C=O) groups is 3. The molecule has 1 aliphatic heterocycles. The largest absolute Gasteiger partial charge is 0.369 e. The molecule has 0 atom stereocenters. The number of hydrogen-bond acceptors (Lipinski definition) is 5. The Balaban J connectivity index is 1.33. The topological polar surface area (TPSA) is 93.8 Å². The highest BCUT2D eigenvalue weighted by molar-refractivity contribution is 6.39. The third-order valence-electron chi connectivity index (χ3n) is 5.15. The van der Waals surface area contributed by atoms with Crippen molar-refractivity contribution in [1.29, 1.82) is 0 Å². The summed E-state index contributed by atoms with van der Waals surface area (Å²) >= 11 is 0. The van der Waals surface area contributed by atoms with Gasteiger partial charge >= 0.3 is 11.8 Å². The first-order valence-corrected chi connectivity index (χ1v) is 10.6. The van der Waals surface area contributed by atoms with Crippen LogP contribution in [0.1, 0.15) is 13.3 Å². The molecule has 0 bridgehead atoms. The van der Waals surface area contributed by atoms with E-state index in [-0.39, 0.29) is 11.7 Å². The van der Waals surface area contributed by atoms with Gasteiger partial charge in [0.2, 0.25) is 5.91 Å². The zero-order chi connectivity index (χ0) is 22.9. The maximum Gasteiger partial charge on any atom is 0.313 e. The number of amides is 3. The van der Waals surface area contributed by atoms with Crippen molar-refractivity contribution in [1.82, 2.24) is 10.2 Å². The Morgan fingerprint density at radius 1 is 0.906 bits per heavy atom. The average Bonchev–Trinajstić information content (AvgIpc) is 2.77. The van der Waals surface area contributed by atoms with Crippen LogP contribution in [0.25, 0.3) is 0 Å². The lowest BCUT2D eigenvalue weighted by Crippen LogP contribution is -2.47. The highest BCUT2D eigenvalue weighted by Crippen LogP contribution is 2.17. The molecule has 170 valence electrons. The van der Waals surface area contributed by atoms with Crippen LogP contribution in [0.4, 0.5) is 21.5 Å². The van der Waals surface area contributed by atoms with Gasteiger partial charge in [-0.05, 0) is 55.4 Å². The molecule has 1 fully saturated rings. The Morgan fingerprint density at radius 2 is 1.56 bits per heavy atom. The zero-order valence-electron chi connectivity index (χ0n) is 18.1. The number of benzene rings is 2. The van der Waals surface area contributed by atoms with E-state index in [1.165, 1.54) is 19.1 Å². The van der Waals surface area contributed by atoms with E-state index < -0.39 is 11.8 Å². The van der Waals surface area contributed by atoms with E-state index in [9.17, 15) is 18.8 Å². The summed E-state index contributed by atoms with van der Waals surface area (Å²) in [6, 6.07) is 13.1. The van der Waals surface area contributed by atoms with Gasteiger partial charge in [0.15, 0.2) is 0 Å². The first kappa shape index (κ1) is 23.2. The standard InChI is InChI=1S/C23H28FN5O3/c1-17(30)26-19-4-2-5-20(16-19)27-23(32)22(31)25-10-3-11-28-12-14-29(15-13-28)21-8-6-18(24)7-9-21/h2,4-9,16H,3,10-15H2,1H3,(H,25,31)(H,26,30)(H,27,32). The number of anilines is 3. The van der Waals surface area contributed by atoms with Crippen molar-refractivity contribution in [2.24, 2.45) is 0 Å². The number of piperazine rings is 1. The molecule has 0 unspecified atom stereocenters. The third kappa shape index (κ3) is 7.05. The smallest absolute Gasteiger partial charge is 0.313 e. The van der Waals surface area contributed by atoms with Gasteiger partial charge in [-0.1, -0.05) is 6.07 Å². The minimum Gasteiger partial charge on any atom is -0.369 e. The van der Waals surface area contributed by atoms with Crippen LogP contribution in [0.3, 0.4) is 0 Å². The molecule has 2 aromatic carbocycles. The van der Waals surface area contributed by atoms with Crippen molar-refractivity contribution in [3.05, 3.63) is 54.3 Å². The molecule has 1 saturated heterocycles. The Labute approximate surface area is 186 Å². The van der Waals surface area contributed by atoms with Crippen molar-refractivity contribution in [2.75, 3.05) is 54.8 Å². The van der Waals surface area contributed by atoms with E-state index in [0.29, 0.717) is 17.9 Å². The Hall–Kier alpha value is -3.46. The van der Waals surface area contributed by atoms with E-state index in [1.54, 1.807) is 36.4 Å². The van der Waals surface area contributed by atoms with E-state index in [4.69, 9.17) is 0 Å². The van der Waals surface area contributed by atoms with Gasteiger partial charge in [-0.2, -0.15) is 0 Å². The van der Waals surface area contributed by atoms with Crippen LogP contribution in [-0.2, 0) is 14.4 Å². The van der Waals surface area contributed by atoms with Crippen LogP contribution in [-0.4, -0.2) is 61.9 Å². The summed E-state index contributed by atoms with van der Waals surface area (Å²) in [6.45, 7) is 6.10. The summed E-state index contributed by atoms with van der Waals surface area (Å²) in [5.74, 6) is -1.90. The first-order valence-electron chi connectivity index (χ1n) is 10.6. The van der Waals surface area contributed by atoms with Crippen LogP contribution in [0.5, 0.6) is 0 Å². The molecule has 3 N–H and O–H groups in total. The van der Waals surface area contributed by atoms with Crippen LogP contribution < -0.4 is 20.9 Å². The fourth-order valence-electron chi connectivity index (χ4n) is 3.53. The normalized spacial score (nSPS) is 14.0. The van der Waals surface area contributed by atoms with Gasteiger partial charge in [-0.15, -0.1) is 0 Å². The van der Waals surface area contributed by atoms with E-state index in [2.05, 4.69) is 25.8 Å². The molecule has 3 rings (SSSR count). The van der Waals surface area contributed by atoms with Gasteiger partial charge in [-0.3, -0.25) is 19.3 Å². The molecular weight excluding hydrogens is 413 g/mol. The molecule has 0 spiro atoms. The number of nitrogens with zero attached hydrogens (tertiary/aromatic N) is 2. The fraction of sp³-hybridized carbons (Fsp3) is 0.348. The second kappa shape index (κ2) is 11.2. The minimum atomic E-state index is -0.752. The van der Waals surface area contributed by atoms with E-state index >= 15 is 0 Å². The van der Waals surface area contributed by atoms with Crippen LogP contribution in [0.2, 0.25) is 0 Å². The van der Waals surface area contributed by atoms with Gasteiger partial charge in [0.05, 0.1) is 0 Å². The van der Waals surface area contributed by atoms with Gasteiger partial charge in [0.25, 0.3) is 0 Å². The Bertz CT molecular complexity index is 943. The molecule has 3 amide bonds. The number of halogens is 1. The lowest BCUT2D eigenvalue weighted by molar-refractivity contribution is -0.136. The number of carbonyl (C=O) groups excluding carboxylic acids is 3.